The van der Waals surface area contributed by atoms with Crippen LogP contribution in [0.5, 0.6) is 0 Å². The number of nitrogens with one attached hydrogen (secondary N) is 1. The van der Waals surface area contributed by atoms with Crippen LogP contribution < -0.4 is 5.32 Å². The fourth-order valence-corrected chi connectivity index (χ4v) is 2.15. The molecule has 1 aromatic carbocycles. The van der Waals surface area contributed by atoms with Crippen LogP contribution in [0.3, 0.4) is 0 Å². The van der Waals surface area contributed by atoms with Crippen LogP contribution in [0.15, 0.2) is 18.2 Å². The molecule has 1 saturated heterocycles. The molecule has 0 amide bonds. The summed E-state index contributed by atoms with van der Waals surface area (Å²) in [5, 5.41) is 3.61. The second-order valence-electron chi connectivity index (χ2n) is 4.40. The van der Waals surface area contributed by atoms with Gasteiger partial charge in [0.15, 0.2) is 0 Å². The molecule has 1 N–H and O–H groups in total. The van der Waals surface area contributed by atoms with Gasteiger partial charge in [0.1, 0.15) is 0 Å². The number of benzene rings is 1. The maximum absolute atomic E-state index is 5.40. The van der Waals surface area contributed by atoms with Crippen molar-refractivity contribution in [1.82, 2.24) is 0 Å². The maximum Gasteiger partial charge on any atom is 0.0668 e. The molecule has 2 heteroatoms. The Morgan fingerprint density at radius 1 is 1.31 bits per heavy atom. The zero-order valence-corrected chi connectivity index (χ0v) is 10.3. The van der Waals surface area contributed by atoms with E-state index >= 15 is 0 Å². The highest BCUT2D eigenvalue weighted by Crippen LogP contribution is 2.21. The van der Waals surface area contributed by atoms with Crippen molar-refractivity contribution in [3.05, 3.63) is 29.3 Å². The van der Waals surface area contributed by atoms with Gasteiger partial charge in [0.25, 0.3) is 0 Å². The van der Waals surface area contributed by atoms with Crippen molar-refractivity contribution >= 4 is 5.69 Å². The molecule has 1 aliphatic heterocycles. The van der Waals surface area contributed by atoms with Gasteiger partial charge in [-0.3, -0.25) is 0 Å². The Hall–Kier alpha value is -1.02. The molecule has 16 heavy (non-hydrogen) atoms. The van der Waals surface area contributed by atoms with Gasteiger partial charge in [0.05, 0.1) is 12.6 Å². The van der Waals surface area contributed by atoms with Gasteiger partial charge in [-0.1, -0.05) is 26.0 Å². The Kier molecular flexibility index (Phi) is 3.83. The highest BCUT2D eigenvalue weighted by molar-refractivity contribution is 5.54. The molecule has 0 radical (unpaired) electrons. The molecule has 1 heterocycles. The van der Waals surface area contributed by atoms with Gasteiger partial charge in [-0.25, -0.2) is 0 Å². The van der Waals surface area contributed by atoms with Gasteiger partial charge in [0, 0.05) is 12.3 Å². The topological polar surface area (TPSA) is 21.3 Å². The molecule has 1 aliphatic rings. The lowest BCUT2D eigenvalue weighted by atomic mass is 10.0. The second-order valence-corrected chi connectivity index (χ2v) is 4.40. The molecule has 88 valence electrons. The molecule has 0 aliphatic carbocycles. The van der Waals surface area contributed by atoms with Gasteiger partial charge >= 0.3 is 0 Å². The highest BCUT2D eigenvalue weighted by Gasteiger charge is 2.16. The van der Waals surface area contributed by atoms with E-state index in [4.69, 9.17) is 4.74 Å². The first-order valence-electron chi connectivity index (χ1n) is 6.29. The Morgan fingerprint density at radius 2 is 2.19 bits per heavy atom. The largest absolute Gasteiger partial charge is 0.380 e. The Morgan fingerprint density at radius 3 is 2.81 bits per heavy atom. The standard InChI is InChI=1S/C14H21NO/c1-3-11-5-6-12(4-2)14(9-11)15-13-7-8-16-10-13/h5-6,9,13,15H,3-4,7-8,10H2,1-2H3. The van der Waals surface area contributed by atoms with E-state index in [1.807, 2.05) is 0 Å². The van der Waals surface area contributed by atoms with Gasteiger partial charge in [-0.2, -0.15) is 0 Å². The zero-order valence-electron chi connectivity index (χ0n) is 10.3. The average Bonchev–Trinajstić information content (AvgIpc) is 2.82. The number of aryl methyl sites for hydroxylation is 2. The van der Waals surface area contributed by atoms with Crippen LogP contribution in [0.2, 0.25) is 0 Å². The van der Waals surface area contributed by atoms with Gasteiger partial charge in [-0.15, -0.1) is 0 Å². The van der Waals surface area contributed by atoms with Crippen molar-refractivity contribution < 1.29 is 4.74 Å². The van der Waals surface area contributed by atoms with E-state index < -0.39 is 0 Å². The number of hydrogen-bond donors (Lipinski definition) is 1. The number of hydrogen-bond acceptors (Lipinski definition) is 2. The Labute approximate surface area is 98.0 Å². The maximum atomic E-state index is 5.40. The van der Waals surface area contributed by atoms with E-state index in [1.54, 1.807) is 0 Å². The van der Waals surface area contributed by atoms with Gasteiger partial charge in [-0.05, 0) is 36.5 Å². The first kappa shape index (κ1) is 11.5. The van der Waals surface area contributed by atoms with Crippen molar-refractivity contribution in [2.24, 2.45) is 0 Å². The molecule has 1 aromatic rings. The third kappa shape index (κ3) is 2.56. The van der Waals surface area contributed by atoms with Crippen LogP contribution in [0.1, 0.15) is 31.4 Å². The summed E-state index contributed by atoms with van der Waals surface area (Å²) >= 11 is 0. The van der Waals surface area contributed by atoms with Crippen molar-refractivity contribution in [3.8, 4) is 0 Å². The molecule has 1 atom stereocenters. The molecular weight excluding hydrogens is 198 g/mol. The molecule has 0 bridgehead atoms. The van der Waals surface area contributed by atoms with Crippen LogP contribution in [0, 0.1) is 0 Å². The molecule has 2 nitrogen and oxygen atoms in total. The smallest absolute Gasteiger partial charge is 0.0668 e. The SMILES string of the molecule is CCc1ccc(CC)c(NC2CCOC2)c1. The minimum absolute atomic E-state index is 0.498. The van der Waals surface area contributed by atoms with Crippen LogP contribution >= 0.6 is 0 Å². The van der Waals surface area contributed by atoms with E-state index in [0.717, 1.165) is 32.5 Å². The summed E-state index contributed by atoms with van der Waals surface area (Å²) in [5.74, 6) is 0. The Bertz CT molecular complexity index is 343. The molecule has 0 aromatic heterocycles. The minimum atomic E-state index is 0.498. The summed E-state index contributed by atoms with van der Waals surface area (Å²) in [6, 6.07) is 7.26. The average molecular weight is 219 g/mol. The third-order valence-corrected chi connectivity index (χ3v) is 3.25. The van der Waals surface area contributed by atoms with E-state index in [1.165, 1.54) is 16.8 Å². The lowest BCUT2D eigenvalue weighted by Crippen LogP contribution is -2.19. The molecule has 0 saturated carbocycles. The van der Waals surface area contributed by atoms with Crippen molar-refractivity contribution in [2.45, 2.75) is 39.2 Å². The van der Waals surface area contributed by atoms with Crippen LogP contribution in [-0.2, 0) is 17.6 Å². The molecule has 1 fully saturated rings. The summed E-state index contributed by atoms with van der Waals surface area (Å²) in [4.78, 5) is 0. The van der Waals surface area contributed by atoms with Crippen LogP contribution in [-0.4, -0.2) is 19.3 Å². The predicted molar refractivity (Wildman–Crippen MR) is 68.0 cm³/mol. The monoisotopic (exact) mass is 219 g/mol. The molecule has 2 rings (SSSR count). The fourth-order valence-electron chi connectivity index (χ4n) is 2.15. The first-order valence-corrected chi connectivity index (χ1v) is 6.29. The van der Waals surface area contributed by atoms with Crippen molar-refractivity contribution in [2.75, 3.05) is 18.5 Å². The van der Waals surface area contributed by atoms with Crippen molar-refractivity contribution in [1.29, 1.82) is 0 Å². The van der Waals surface area contributed by atoms with Crippen LogP contribution in [0.25, 0.3) is 0 Å². The summed E-state index contributed by atoms with van der Waals surface area (Å²) < 4.78 is 5.40. The van der Waals surface area contributed by atoms with E-state index in [9.17, 15) is 0 Å². The zero-order chi connectivity index (χ0) is 11.4. The summed E-state index contributed by atoms with van der Waals surface area (Å²) in [5.41, 5.74) is 4.11. The lowest BCUT2D eigenvalue weighted by Gasteiger charge is -2.16. The van der Waals surface area contributed by atoms with Crippen molar-refractivity contribution in [3.63, 3.8) is 0 Å². The first-order chi connectivity index (χ1) is 7.83. The normalized spacial score (nSPS) is 20.0. The van der Waals surface area contributed by atoms with E-state index in [0.29, 0.717) is 6.04 Å². The third-order valence-electron chi connectivity index (χ3n) is 3.25. The highest BCUT2D eigenvalue weighted by atomic mass is 16.5. The van der Waals surface area contributed by atoms with Gasteiger partial charge in [0.2, 0.25) is 0 Å². The van der Waals surface area contributed by atoms with E-state index in [2.05, 4.69) is 37.4 Å². The Balaban J connectivity index is 2.15. The molecule has 0 spiro atoms. The summed E-state index contributed by atoms with van der Waals surface area (Å²) in [6.45, 7) is 6.15. The fraction of sp³-hybridized carbons (Fsp3) is 0.571. The summed E-state index contributed by atoms with van der Waals surface area (Å²) in [6.07, 6.45) is 3.30. The summed E-state index contributed by atoms with van der Waals surface area (Å²) in [7, 11) is 0. The number of ether oxygens (including phenoxy) is 1. The quantitative estimate of drug-likeness (QED) is 0.840. The lowest BCUT2D eigenvalue weighted by molar-refractivity contribution is 0.195. The second kappa shape index (κ2) is 5.35. The van der Waals surface area contributed by atoms with Gasteiger partial charge < -0.3 is 10.1 Å². The molecular formula is C14H21NO. The van der Waals surface area contributed by atoms with Crippen LogP contribution in [0.4, 0.5) is 5.69 Å². The minimum Gasteiger partial charge on any atom is -0.380 e. The number of rotatable bonds is 4. The van der Waals surface area contributed by atoms with E-state index in [-0.39, 0.29) is 0 Å². The molecule has 1 unspecified atom stereocenters. The number of anilines is 1. The predicted octanol–water partition coefficient (Wildman–Crippen LogP) is 3.01.